The molecule has 0 radical (unpaired) electrons. The number of carbonyl (C=O) groups is 4. The number of ketones is 2. The lowest BCUT2D eigenvalue weighted by Gasteiger charge is -2.50. The summed E-state index contributed by atoms with van der Waals surface area (Å²) in [7, 11) is 4.56. The first-order valence-electron chi connectivity index (χ1n) is 13.2. The van der Waals surface area contributed by atoms with Crippen LogP contribution in [0.2, 0.25) is 0 Å². The Hall–Kier alpha value is -4.52. The van der Waals surface area contributed by atoms with E-state index in [2.05, 4.69) is 5.32 Å². The largest absolute Gasteiger partial charge is 0.510 e. The molecule has 0 saturated carbocycles. The second kappa shape index (κ2) is 10.4. The Balaban J connectivity index is 1.61. The molecule has 2 aromatic carbocycles. The van der Waals surface area contributed by atoms with E-state index in [-0.39, 0.29) is 42.2 Å². The number of hydrogen-bond donors (Lipinski definition) is 6. The number of benzene rings is 2. The highest BCUT2D eigenvalue weighted by atomic mass is 16.5. The van der Waals surface area contributed by atoms with Crippen LogP contribution in [-0.4, -0.2) is 88.2 Å². The number of aromatic hydroxyl groups is 1. The maximum atomic E-state index is 13.9. The number of aliphatic hydroxyl groups excluding tert-OH is 2. The SMILES string of the molecule is COCC(=O)Nc1ccc(-c2ccc(O)c3c2CC2CC4C(N(C)C)C(O)=C(C(N)=O)C(=O)C4(O)C(O)=C2C3=O)cc1. The summed E-state index contributed by atoms with van der Waals surface area (Å²) in [5.74, 6) is -7.32. The topological polar surface area (TPSA) is 200 Å². The van der Waals surface area contributed by atoms with Gasteiger partial charge in [0.25, 0.3) is 5.91 Å². The van der Waals surface area contributed by atoms with E-state index < -0.39 is 58.0 Å². The molecule has 0 saturated heterocycles. The van der Waals surface area contributed by atoms with Gasteiger partial charge >= 0.3 is 0 Å². The standard InChI is InChI=1S/C30H31N3O9/c1-33(2)24-18-11-14-10-17-16(13-4-6-15(7-5-13)32-20(35)12-42-3)8-9-19(34)22(17)25(36)21(14)27(38)30(18,41)28(39)23(26(24)37)29(31)40/h4-9,14,18,24,34,37-38,41H,10-12H2,1-3H3,(H2,31,40)(H,32,35). The van der Waals surface area contributed by atoms with E-state index in [9.17, 15) is 39.6 Å². The zero-order valence-electron chi connectivity index (χ0n) is 23.2. The van der Waals surface area contributed by atoms with Crippen LogP contribution in [0.5, 0.6) is 5.75 Å². The third kappa shape index (κ3) is 4.26. The number of phenols is 1. The highest BCUT2D eigenvalue weighted by Gasteiger charge is 2.63. The van der Waals surface area contributed by atoms with Gasteiger partial charge in [0.1, 0.15) is 29.4 Å². The summed E-state index contributed by atoms with van der Waals surface area (Å²) in [6.07, 6.45) is 0.149. The van der Waals surface area contributed by atoms with E-state index in [1.807, 2.05) is 0 Å². The van der Waals surface area contributed by atoms with E-state index in [1.54, 1.807) is 44.4 Å². The van der Waals surface area contributed by atoms with E-state index >= 15 is 0 Å². The van der Waals surface area contributed by atoms with Crippen LogP contribution in [-0.2, 0) is 25.5 Å². The van der Waals surface area contributed by atoms with Gasteiger partial charge in [-0.3, -0.25) is 24.1 Å². The molecule has 0 bridgehead atoms. The Morgan fingerprint density at radius 2 is 1.76 bits per heavy atom. The fraction of sp³-hybridized carbons (Fsp3) is 0.333. The number of anilines is 1. The second-order valence-electron chi connectivity index (χ2n) is 11.0. The van der Waals surface area contributed by atoms with Gasteiger partial charge in [0.2, 0.25) is 11.7 Å². The van der Waals surface area contributed by atoms with E-state index in [4.69, 9.17) is 10.5 Å². The third-order valence-corrected chi connectivity index (χ3v) is 8.36. The van der Waals surface area contributed by atoms with Crippen LogP contribution in [0.25, 0.3) is 11.1 Å². The number of amides is 2. The first kappa shape index (κ1) is 29.0. The molecular weight excluding hydrogens is 546 g/mol. The van der Waals surface area contributed by atoms with Crippen molar-refractivity contribution in [2.24, 2.45) is 17.6 Å². The zero-order valence-corrected chi connectivity index (χ0v) is 23.2. The number of ether oxygens (including phenoxy) is 1. The Morgan fingerprint density at radius 1 is 1.10 bits per heavy atom. The third-order valence-electron chi connectivity index (χ3n) is 8.36. The van der Waals surface area contributed by atoms with Gasteiger partial charge in [-0.25, -0.2) is 0 Å². The van der Waals surface area contributed by atoms with E-state index in [0.717, 1.165) is 0 Å². The summed E-state index contributed by atoms with van der Waals surface area (Å²) in [6, 6.07) is 8.81. The molecule has 220 valence electrons. The van der Waals surface area contributed by atoms with E-state index in [1.165, 1.54) is 18.1 Å². The van der Waals surface area contributed by atoms with Gasteiger partial charge in [-0.05, 0) is 67.7 Å². The van der Waals surface area contributed by atoms with Gasteiger partial charge in [-0.15, -0.1) is 0 Å². The molecule has 2 aromatic rings. The summed E-state index contributed by atoms with van der Waals surface area (Å²) in [5.41, 5.74) is 3.88. The number of phenolic OH excluding ortho intramolecular Hbond substituents is 1. The van der Waals surface area contributed by atoms with E-state index in [0.29, 0.717) is 22.4 Å². The lowest BCUT2D eigenvalue weighted by atomic mass is 9.58. The van der Waals surface area contributed by atoms with Crippen molar-refractivity contribution in [1.82, 2.24) is 4.90 Å². The van der Waals surface area contributed by atoms with Gasteiger partial charge in [0.05, 0.1) is 11.6 Å². The first-order chi connectivity index (χ1) is 19.8. The Bertz CT molecular complexity index is 1590. The molecule has 2 amide bonds. The highest BCUT2D eigenvalue weighted by Crippen LogP contribution is 2.53. The monoisotopic (exact) mass is 577 g/mol. The van der Waals surface area contributed by atoms with Gasteiger partial charge in [-0.2, -0.15) is 0 Å². The quantitative estimate of drug-likeness (QED) is 0.273. The fourth-order valence-electron chi connectivity index (χ4n) is 6.58. The van der Waals surface area contributed by atoms with Gasteiger partial charge in [-0.1, -0.05) is 18.2 Å². The van der Waals surface area contributed by atoms with Crippen LogP contribution < -0.4 is 11.1 Å². The minimum Gasteiger partial charge on any atom is -0.510 e. The second-order valence-corrected chi connectivity index (χ2v) is 11.0. The number of rotatable bonds is 6. The summed E-state index contributed by atoms with van der Waals surface area (Å²) in [5, 5.41) is 47.5. The van der Waals surface area contributed by atoms with Crippen LogP contribution >= 0.6 is 0 Å². The molecule has 42 heavy (non-hydrogen) atoms. The molecule has 4 atom stereocenters. The lowest BCUT2D eigenvalue weighted by Crippen LogP contribution is -2.63. The number of carbonyl (C=O) groups excluding carboxylic acids is 4. The van der Waals surface area contributed by atoms with Crippen molar-refractivity contribution in [2.75, 3.05) is 33.1 Å². The summed E-state index contributed by atoms with van der Waals surface area (Å²) in [6.45, 7) is -0.104. The molecule has 3 aliphatic rings. The van der Waals surface area contributed by atoms with Gasteiger partial charge in [0.15, 0.2) is 11.4 Å². The molecule has 7 N–H and O–H groups in total. The number of nitrogens with one attached hydrogen (secondary N) is 1. The predicted octanol–water partition coefficient (Wildman–Crippen LogP) is 1.37. The van der Waals surface area contributed by atoms with Gasteiger partial charge in [0, 0.05) is 24.3 Å². The molecule has 5 rings (SSSR count). The Morgan fingerprint density at radius 3 is 2.36 bits per heavy atom. The number of Topliss-reactive ketones (excluding diaryl/α,β-unsaturated/α-hetero) is 2. The minimum absolute atomic E-state index is 0.00860. The Labute approximate surface area is 240 Å². The fourth-order valence-corrected chi connectivity index (χ4v) is 6.58. The maximum Gasteiger partial charge on any atom is 0.255 e. The van der Waals surface area contributed by atoms with Crippen molar-refractivity contribution >= 4 is 29.1 Å². The van der Waals surface area contributed by atoms with Crippen LogP contribution in [0, 0.1) is 11.8 Å². The Kier molecular flexibility index (Phi) is 7.17. The molecule has 0 heterocycles. The van der Waals surface area contributed by atoms with Crippen molar-refractivity contribution in [3.8, 4) is 16.9 Å². The molecular formula is C30H31N3O9. The zero-order chi connectivity index (χ0) is 30.7. The number of primary amides is 1. The molecule has 12 nitrogen and oxygen atoms in total. The van der Waals surface area contributed by atoms with Crippen LogP contribution in [0.15, 0.2) is 59.1 Å². The summed E-state index contributed by atoms with van der Waals surface area (Å²) >= 11 is 0. The first-order valence-corrected chi connectivity index (χ1v) is 13.2. The molecule has 0 aromatic heterocycles. The highest BCUT2D eigenvalue weighted by molar-refractivity contribution is 6.25. The van der Waals surface area contributed by atoms with Crippen LogP contribution in [0.1, 0.15) is 22.3 Å². The lowest BCUT2D eigenvalue weighted by molar-refractivity contribution is -0.148. The number of nitrogens with zero attached hydrogens (tertiary/aromatic N) is 1. The van der Waals surface area contributed by atoms with Crippen LogP contribution in [0.3, 0.4) is 0 Å². The number of nitrogens with two attached hydrogens (primary N) is 1. The number of likely N-dealkylation sites (N-methyl/N-ethyl adjacent to an activating group) is 1. The number of fused-ring (bicyclic) bond motifs is 3. The van der Waals surface area contributed by atoms with Crippen molar-refractivity contribution in [3.05, 3.63) is 70.2 Å². The summed E-state index contributed by atoms with van der Waals surface area (Å²) in [4.78, 5) is 52.8. The van der Waals surface area contributed by atoms with Crippen molar-refractivity contribution in [3.63, 3.8) is 0 Å². The van der Waals surface area contributed by atoms with Crippen molar-refractivity contribution in [1.29, 1.82) is 0 Å². The average molecular weight is 578 g/mol. The number of methoxy groups -OCH3 is 1. The normalized spacial score (nSPS) is 25.2. The molecule has 3 aliphatic carbocycles. The van der Waals surface area contributed by atoms with Gasteiger partial charge < -0.3 is 36.2 Å². The average Bonchev–Trinajstić information content (AvgIpc) is 2.91. The predicted molar refractivity (Wildman–Crippen MR) is 150 cm³/mol. The molecule has 4 unspecified atom stereocenters. The molecule has 0 fully saturated rings. The maximum absolute atomic E-state index is 13.9. The minimum atomic E-state index is -2.69. The number of allylic oxidation sites excluding steroid dienone is 1. The smallest absolute Gasteiger partial charge is 0.255 e. The van der Waals surface area contributed by atoms with Crippen molar-refractivity contribution in [2.45, 2.75) is 24.5 Å². The van der Waals surface area contributed by atoms with Crippen molar-refractivity contribution < 1.29 is 44.3 Å². The number of aliphatic hydroxyl groups is 3. The molecule has 0 spiro atoms. The molecule has 12 heteroatoms. The molecule has 0 aliphatic heterocycles. The van der Waals surface area contributed by atoms with Crippen LogP contribution in [0.4, 0.5) is 5.69 Å². The summed E-state index contributed by atoms with van der Waals surface area (Å²) < 4.78 is 4.83. The number of hydrogen-bond acceptors (Lipinski definition) is 10.